The molecule has 0 amide bonds. The highest BCUT2D eigenvalue weighted by Crippen LogP contribution is 2.31. The number of para-hydroxylation sites is 1. The molecule has 0 unspecified atom stereocenters. The van der Waals surface area contributed by atoms with E-state index >= 15 is 0 Å². The fourth-order valence-electron chi connectivity index (χ4n) is 2.98. The van der Waals surface area contributed by atoms with Crippen LogP contribution in [0.5, 0.6) is 5.75 Å². The smallest absolute Gasteiger partial charge is 0.196 e. The third-order valence-corrected chi connectivity index (χ3v) is 4.17. The number of aromatic nitrogens is 2. The number of aryl methyl sites for hydroxylation is 1. The molecule has 1 N–H and O–H groups in total. The highest BCUT2D eigenvalue weighted by atomic mass is 16.5. The summed E-state index contributed by atoms with van der Waals surface area (Å²) < 4.78 is 11.2. The van der Waals surface area contributed by atoms with E-state index in [1.165, 1.54) is 5.56 Å². The number of furan rings is 1. The van der Waals surface area contributed by atoms with Gasteiger partial charge >= 0.3 is 0 Å². The maximum absolute atomic E-state index is 5.97. The van der Waals surface area contributed by atoms with Crippen molar-refractivity contribution < 1.29 is 9.15 Å². The first-order valence-electron chi connectivity index (χ1n) is 8.27. The Balaban J connectivity index is 1.60. The molecule has 0 aliphatic rings. The topological polar surface area (TPSA) is 60.2 Å². The lowest BCUT2D eigenvalue weighted by molar-refractivity contribution is 0.414. The Morgan fingerprint density at radius 2 is 1.96 bits per heavy atom. The molecule has 25 heavy (non-hydrogen) atoms. The van der Waals surface area contributed by atoms with Gasteiger partial charge in [-0.2, -0.15) is 0 Å². The van der Waals surface area contributed by atoms with Gasteiger partial charge in [-0.05, 0) is 43.2 Å². The molecular formula is C20H19N3O2. The van der Waals surface area contributed by atoms with Crippen LogP contribution in [-0.2, 0) is 6.42 Å². The normalized spacial score (nSPS) is 11.1. The second-order valence-corrected chi connectivity index (χ2v) is 5.92. The summed E-state index contributed by atoms with van der Waals surface area (Å²) in [5.74, 6) is 2.33. The summed E-state index contributed by atoms with van der Waals surface area (Å²) in [7, 11) is 1.68. The third-order valence-electron chi connectivity index (χ3n) is 4.17. The Morgan fingerprint density at radius 3 is 2.84 bits per heavy atom. The monoisotopic (exact) mass is 333 g/mol. The van der Waals surface area contributed by atoms with Gasteiger partial charge in [-0.15, -0.1) is 0 Å². The summed E-state index contributed by atoms with van der Waals surface area (Å²) >= 11 is 0. The van der Waals surface area contributed by atoms with Crippen LogP contribution in [0.3, 0.4) is 0 Å². The van der Waals surface area contributed by atoms with Crippen molar-refractivity contribution in [2.24, 2.45) is 0 Å². The van der Waals surface area contributed by atoms with Crippen LogP contribution in [0.15, 0.2) is 52.9 Å². The Hall–Kier alpha value is -3.08. The number of hydrogen-bond donors (Lipinski definition) is 1. The highest BCUT2D eigenvalue weighted by Gasteiger charge is 2.14. The molecule has 4 aromatic rings. The zero-order chi connectivity index (χ0) is 17.2. The summed E-state index contributed by atoms with van der Waals surface area (Å²) in [5.41, 5.74) is 3.59. The molecule has 2 aromatic carbocycles. The van der Waals surface area contributed by atoms with Crippen LogP contribution < -0.4 is 10.1 Å². The number of ether oxygens (including phenoxy) is 1. The minimum Gasteiger partial charge on any atom is -0.497 e. The van der Waals surface area contributed by atoms with E-state index < -0.39 is 0 Å². The molecule has 126 valence electrons. The Kier molecular flexibility index (Phi) is 3.98. The van der Waals surface area contributed by atoms with Crippen LogP contribution in [0.25, 0.3) is 22.1 Å². The van der Waals surface area contributed by atoms with Crippen molar-refractivity contribution in [3.05, 3.63) is 59.9 Å². The van der Waals surface area contributed by atoms with Crippen LogP contribution >= 0.6 is 0 Å². The molecule has 5 heteroatoms. The van der Waals surface area contributed by atoms with Crippen molar-refractivity contribution in [2.45, 2.75) is 13.3 Å². The van der Waals surface area contributed by atoms with E-state index in [9.17, 15) is 0 Å². The highest BCUT2D eigenvalue weighted by molar-refractivity contribution is 6.05. The van der Waals surface area contributed by atoms with E-state index in [4.69, 9.17) is 9.15 Å². The van der Waals surface area contributed by atoms with Crippen molar-refractivity contribution in [1.29, 1.82) is 0 Å². The maximum atomic E-state index is 5.97. The van der Waals surface area contributed by atoms with Crippen molar-refractivity contribution in [3.8, 4) is 5.75 Å². The Bertz CT molecular complexity index is 1040. The summed E-state index contributed by atoms with van der Waals surface area (Å²) in [6.45, 7) is 2.64. The van der Waals surface area contributed by atoms with Gasteiger partial charge < -0.3 is 14.5 Å². The molecular weight excluding hydrogens is 314 g/mol. The third kappa shape index (κ3) is 3.01. The molecule has 0 saturated carbocycles. The quantitative estimate of drug-likeness (QED) is 0.588. The lowest BCUT2D eigenvalue weighted by Gasteiger charge is -2.08. The van der Waals surface area contributed by atoms with Crippen LogP contribution in [0.2, 0.25) is 0 Å². The maximum Gasteiger partial charge on any atom is 0.196 e. The number of hydrogen-bond acceptors (Lipinski definition) is 5. The van der Waals surface area contributed by atoms with Gasteiger partial charge in [0.15, 0.2) is 11.4 Å². The van der Waals surface area contributed by atoms with E-state index in [0.717, 1.165) is 46.8 Å². The number of anilines is 1. The molecule has 0 fully saturated rings. The van der Waals surface area contributed by atoms with Gasteiger partial charge in [0.05, 0.1) is 7.11 Å². The zero-order valence-corrected chi connectivity index (χ0v) is 14.2. The van der Waals surface area contributed by atoms with Crippen molar-refractivity contribution >= 4 is 27.9 Å². The minimum absolute atomic E-state index is 0.706. The van der Waals surface area contributed by atoms with Crippen LogP contribution in [0.4, 0.5) is 5.82 Å². The second-order valence-electron chi connectivity index (χ2n) is 5.92. The predicted octanol–water partition coefficient (Wildman–Crippen LogP) is 4.35. The van der Waals surface area contributed by atoms with Gasteiger partial charge in [0.25, 0.3) is 0 Å². The molecule has 0 aliphatic heterocycles. The number of benzene rings is 2. The molecule has 0 radical (unpaired) electrons. The molecule has 4 rings (SSSR count). The number of nitrogens with one attached hydrogen (secondary N) is 1. The molecule has 0 spiro atoms. The molecule has 0 saturated heterocycles. The average molecular weight is 333 g/mol. The standard InChI is InChI=1S/C20H19N3O2/c1-13-22-18-16-8-3-4-9-17(16)25-19(18)20(23-13)21-11-10-14-6-5-7-15(12-14)24-2/h3-9,12H,10-11H2,1-2H3,(H,21,22,23). The largest absolute Gasteiger partial charge is 0.497 e. The summed E-state index contributed by atoms with van der Waals surface area (Å²) in [5, 5.41) is 4.40. The SMILES string of the molecule is COc1cccc(CCNc2nc(C)nc3c2oc2ccccc23)c1. The number of rotatable bonds is 5. The van der Waals surface area contributed by atoms with Gasteiger partial charge in [0.2, 0.25) is 0 Å². The van der Waals surface area contributed by atoms with Gasteiger partial charge in [-0.25, -0.2) is 9.97 Å². The molecule has 0 aliphatic carbocycles. The second kappa shape index (κ2) is 6.43. The minimum atomic E-state index is 0.706. The van der Waals surface area contributed by atoms with Gasteiger partial charge in [-0.1, -0.05) is 24.3 Å². The summed E-state index contributed by atoms with van der Waals surface area (Å²) in [4.78, 5) is 9.07. The van der Waals surface area contributed by atoms with Crippen LogP contribution in [-0.4, -0.2) is 23.6 Å². The molecule has 0 bridgehead atoms. The van der Waals surface area contributed by atoms with E-state index in [1.54, 1.807) is 7.11 Å². The van der Waals surface area contributed by atoms with Gasteiger partial charge in [-0.3, -0.25) is 0 Å². The lowest BCUT2D eigenvalue weighted by atomic mass is 10.1. The molecule has 0 atom stereocenters. The van der Waals surface area contributed by atoms with Crippen LogP contribution in [0, 0.1) is 6.92 Å². The van der Waals surface area contributed by atoms with Crippen molar-refractivity contribution in [2.75, 3.05) is 19.0 Å². The van der Waals surface area contributed by atoms with E-state index in [1.807, 2.05) is 49.4 Å². The van der Waals surface area contributed by atoms with Gasteiger partial charge in [0, 0.05) is 11.9 Å². The predicted molar refractivity (Wildman–Crippen MR) is 99.2 cm³/mol. The summed E-state index contributed by atoms with van der Waals surface area (Å²) in [6.07, 6.45) is 0.863. The molecule has 2 heterocycles. The average Bonchev–Trinajstić information content (AvgIpc) is 3.01. The van der Waals surface area contributed by atoms with Crippen molar-refractivity contribution in [1.82, 2.24) is 9.97 Å². The Labute approximate surface area is 145 Å². The molecule has 2 aromatic heterocycles. The molecule has 5 nitrogen and oxygen atoms in total. The van der Waals surface area contributed by atoms with Gasteiger partial charge in [0.1, 0.15) is 22.7 Å². The zero-order valence-electron chi connectivity index (χ0n) is 14.2. The van der Waals surface area contributed by atoms with Crippen LogP contribution in [0.1, 0.15) is 11.4 Å². The fraction of sp³-hybridized carbons (Fsp3) is 0.200. The first-order chi connectivity index (χ1) is 12.2. The number of methoxy groups -OCH3 is 1. The van der Waals surface area contributed by atoms with E-state index in [0.29, 0.717) is 5.58 Å². The number of nitrogens with zero attached hydrogens (tertiary/aromatic N) is 2. The first-order valence-corrected chi connectivity index (χ1v) is 8.27. The Morgan fingerprint density at radius 1 is 1.08 bits per heavy atom. The first kappa shape index (κ1) is 15.4. The lowest BCUT2D eigenvalue weighted by Crippen LogP contribution is -2.07. The van der Waals surface area contributed by atoms with E-state index in [-0.39, 0.29) is 0 Å². The number of fused-ring (bicyclic) bond motifs is 3. The van der Waals surface area contributed by atoms with Crippen molar-refractivity contribution in [3.63, 3.8) is 0 Å². The summed E-state index contributed by atoms with van der Waals surface area (Å²) in [6, 6.07) is 16.0. The fourth-order valence-corrected chi connectivity index (χ4v) is 2.98. The van der Waals surface area contributed by atoms with E-state index in [2.05, 4.69) is 21.4 Å².